The molecule has 5 rings (SSSR count). The van der Waals surface area contributed by atoms with Crippen LogP contribution in [0.3, 0.4) is 0 Å². The molecule has 3 heterocycles. The van der Waals surface area contributed by atoms with Crippen LogP contribution in [0.5, 0.6) is 0 Å². The zero-order valence-electron chi connectivity index (χ0n) is 16.4. The Morgan fingerprint density at radius 2 is 1.69 bits per heavy atom. The highest BCUT2D eigenvalue weighted by molar-refractivity contribution is 5.91. The predicted octanol–water partition coefficient (Wildman–Crippen LogP) is 4.35. The standard InChI is InChI=1S/C23H22N4.ClH.H2O/c1-2-21-24-20-14-19(17-9-4-3-5-10-17)25-22(20)23(26-21)27-13-12-16-8-6-7-11-18(16)15-27;;/h3-11,14,25H,2,12-13,15H2,1H3;1H;1H2. The van der Waals surface area contributed by atoms with E-state index in [2.05, 4.69) is 71.4 Å². The van der Waals surface area contributed by atoms with E-state index in [1.165, 1.54) is 16.7 Å². The van der Waals surface area contributed by atoms with Crippen molar-refractivity contribution in [1.82, 2.24) is 15.0 Å². The molecule has 0 saturated carbocycles. The second-order valence-electron chi connectivity index (χ2n) is 7.07. The molecule has 0 unspecified atom stereocenters. The lowest BCUT2D eigenvalue weighted by Gasteiger charge is -2.30. The van der Waals surface area contributed by atoms with Crippen molar-refractivity contribution in [2.75, 3.05) is 11.4 Å². The lowest BCUT2D eigenvalue weighted by molar-refractivity contribution is 0.718. The largest absolute Gasteiger partial charge is 0.412 e. The minimum Gasteiger partial charge on any atom is -0.412 e. The molecule has 0 saturated heterocycles. The van der Waals surface area contributed by atoms with Gasteiger partial charge in [-0.25, -0.2) is 9.97 Å². The van der Waals surface area contributed by atoms with E-state index in [-0.39, 0.29) is 17.9 Å². The molecule has 0 fully saturated rings. The Bertz CT molecular complexity index is 1110. The summed E-state index contributed by atoms with van der Waals surface area (Å²) < 4.78 is 0. The van der Waals surface area contributed by atoms with Crippen LogP contribution in [0.2, 0.25) is 0 Å². The summed E-state index contributed by atoms with van der Waals surface area (Å²) in [6.45, 7) is 3.98. The maximum absolute atomic E-state index is 4.91. The number of H-pyrrole nitrogens is 1. The van der Waals surface area contributed by atoms with Gasteiger partial charge in [-0.1, -0.05) is 61.5 Å². The minimum absolute atomic E-state index is 0. The average molecular weight is 409 g/mol. The van der Waals surface area contributed by atoms with Crippen molar-refractivity contribution in [3.8, 4) is 11.3 Å². The maximum atomic E-state index is 4.91. The van der Waals surface area contributed by atoms with Crippen LogP contribution in [0.15, 0.2) is 60.7 Å². The molecule has 5 nitrogen and oxygen atoms in total. The predicted molar refractivity (Wildman–Crippen MR) is 121 cm³/mol. The summed E-state index contributed by atoms with van der Waals surface area (Å²) in [5, 5.41) is 0. The molecule has 29 heavy (non-hydrogen) atoms. The molecule has 0 aliphatic carbocycles. The van der Waals surface area contributed by atoms with Gasteiger partial charge in [-0.15, -0.1) is 12.4 Å². The van der Waals surface area contributed by atoms with Crippen LogP contribution in [-0.4, -0.2) is 27.0 Å². The molecule has 150 valence electrons. The third-order valence-corrected chi connectivity index (χ3v) is 5.34. The highest BCUT2D eigenvalue weighted by Gasteiger charge is 2.21. The molecule has 6 heteroatoms. The monoisotopic (exact) mass is 408 g/mol. The molecule has 0 bridgehead atoms. The molecular weight excluding hydrogens is 384 g/mol. The number of aryl methyl sites for hydroxylation is 1. The fourth-order valence-electron chi connectivity index (χ4n) is 3.88. The van der Waals surface area contributed by atoms with Crippen LogP contribution in [0.1, 0.15) is 23.9 Å². The minimum atomic E-state index is 0. The van der Waals surface area contributed by atoms with Gasteiger partial charge in [0.1, 0.15) is 11.3 Å². The Morgan fingerprint density at radius 1 is 0.966 bits per heavy atom. The highest BCUT2D eigenvalue weighted by atomic mass is 35.5. The third-order valence-electron chi connectivity index (χ3n) is 5.34. The first-order chi connectivity index (χ1) is 13.3. The summed E-state index contributed by atoms with van der Waals surface area (Å²) in [6, 6.07) is 21.3. The van der Waals surface area contributed by atoms with Crippen molar-refractivity contribution in [2.45, 2.75) is 26.3 Å². The van der Waals surface area contributed by atoms with Crippen molar-refractivity contribution in [3.05, 3.63) is 77.6 Å². The van der Waals surface area contributed by atoms with Crippen molar-refractivity contribution in [3.63, 3.8) is 0 Å². The first-order valence-corrected chi connectivity index (χ1v) is 9.58. The molecular formula is C23H25ClN4O. The van der Waals surface area contributed by atoms with Crippen LogP contribution >= 0.6 is 12.4 Å². The summed E-state index contributed by atoms with van der Waals surface area (Å²) in [7, 11) is 0. The lowest BCUT2D eigenvalue weighted by atomic mass is 10.00. The summed E-state index contributed by atoms with van der Waals surface area (Å²) in [5.74, 6) is 1.92. The molecule has 0 spiro atoms. The molecule has 4 aromatic rings. The van der Waals surface area contributed by atoms with Gasteiger partial charge in [0, 0.05) is 25.2 Å². The number of rotatable bonds is 3. The lowest BCUT2D eigenvalue weighted by Crippen LogP contribution is -2.31. The van der Waals surface area contributed by atoms with Crippen molar-refractivity contribution in [2.24, 2.45) is 0 Å². The normalized spacial score (nSPS) is 12.8. The zero-order valence-corrected chi connectivity index (χ0v) is 17.2. The Labute approximate surface area is 176 Å². The number of anilines is 1. The van der Waals surface area contributed by atoms with Crippen LogP contribution < -0.4 is 4.90 Å². The van der Waals surface area contributed by atoms with Gasteiger partial charge in [-0.2, -0.15) is 0 Å². The van der Waals surface area contributed by atoms with Crippen LogP contribution in [-0.2, 0) is 19.4 Å². The van der Waals surface area contributed by atoms with E-state index in [0.29, 0.717) is 0 Å². The highest BCUT2D eigenvalue weighted by Crippen LogP contribution is 2.31. The average Bonchev–Trinajstić information content (AvgIpc) is 3.17. The number of nitrogens with zero attached hydrogens (tertiary/aromatic N) is 3. The summed E-state index contributed by atoms with van der Waals surface area (Å²) in [5.41, 5.74) is 7.13. The van der Waals surface area contributed by atoms with Crippen molar-refractivity contribution in [1.29, 1.82) is 0 Å². The van der Waals surface area contributed by atoms with Gasteiger partial charge in [-0.05, 0) is 29.2 Å². The SMILES string of the molecule is CCc1nc(N2CCc3ccccc3C2)c2[nH]c(-c3ccccc3)cc2n1.Cl.O. The van der Waals surface area contributed by atoms with E-state index in [1.807, 2.05) is 6.07 Å². The molecule has 0 atom stereocenters. The smallest absolute Gasteiger partial charge is 0.157 e. The van der Waals surface area contributed by atoms with Crippen molar-refractivity contribution >= 4 is 29.3 Å². The van der Waals surface area contributed by atoms with Gasteiger partial charge in [0.15, 0.2) is 5.82 Å². The summed E-state index contributed by atoms with van der Waals surface area (Å²) in [6.07, 6.45) is 1.88. The molecule has 0 radical (unpaired) electrons. The molecule has 2 aromatic heterocycles. The van der Waals surface area contributed by atoms with Crippen molar-refractivity contribution < 1.29 is 5.48 Å². The van der Waals surface area contributed by atoms with Gasteiger partial charge < -0.3 is 15.4 Å². The third kappa shape index (κ3) is 3.84. The Kier molecular flexibility index (Phi) is 6.20. The van der Waals surface area contributed by atoms with E-state index in [1.54, 1.807) is 0 Å². The summed E-state index contributed by atoms with van der Waals surface area (Å²) in [4.78, 5) is 15.6. The fraction of sp³-hybridized carbons (Fsp3) is 0.217. The second-order valence-corrected chi connectivity index (χ2v) is 7.07. The Hall–Kier alpha value is -2.89. The number of fused-ring (bicyclic) bond motifs is 2. The van der Waals surface area contributed by atoms with Gasteiger partial charge in [0.05, 0.1) is 5.52 Å². The number of hydrogen-bond acceptors (Lipinski definition) is 3. The quantitative estimate of drug-likeness (QED) is 0.547. The van der Waals surface area contributed by atoms with Gasteiger partial charge in [0.2, 0.25) is 0 Å². The van der Waals surface area contributed by atoms with Gasteiger partial charge in [0.25, 0.3) is 0 Å². The first-order valence-electron chi connectivity index (χ1n) is 9.58. The Morgan fingerprint density at radius 3 is 2.45 bits per heavy atom. The second kappa shape index (κ2) is 8.64. The fourth-order valence-corrected chi connectivity index (χ4v) is 3.88. The van der Waals surface area contributed by atoms with Gasteiger partial charge in [-0.3, -0.25) is 0 Å². The number of hydrogen-bond donors (Lipinski definition) is 1. The summed E-state index contributed by atoms with van der Waals surface area (Å²) >= 11 is 0. The maximum Gasteiger partial charge on any atom is 0.157 e. The molecule has 1 aliphatic rings. The van der Waals surface area contributed by atoms with E-state index < -0.39 is 0 Å². The zero-order chi connectivity index (χ0) is 18.2. The molecule has 3 N–H and O–H groups in total. The number of nitrogens with one attached hydrogen (secondary N) is 1. The van der Waals surface area contributed by atoms with E-state index in [4.69, 9.17) is 9.97 Å². The first kappa shape index (κ1) is 20.8. The Balaban J connectivity index is 0.00000120. The topological polar surface area (TPSA) is 76.3 Å². The molecule has 2 aromatic carbocycles. The molecule has 0 amide bonds. The number of aromatic nitrogens is 3. The van der Waals surface area contributed by atoms with E-state index >= 15 is 0 Å². The molecule has 1 aliphatic heterocycles. The van der Waals surface area contributed by atoms with Crippen LogP contribution in [0.4, 0.5) is 5.82 Å². The van der Waals surface area contributed by atoms with Gasteiger partial charge >= 0.3 is 0 Å². The van der Waals surface area contributed by atoms with Crippen LogP contribution in [0, 0.1) is 0 Å². The van der Waals surface area contributed by atoms with E-state index in [0.717, 1.165) is 54.3 Å². The number of benzene rings is 2. The number of aromatic amines is 1. The number of halogens is 1. The van der Waals surface area contributed by atoms with Crippen LogP contribution in [0.25, 0.3) is 22.3 Å². The van der Waals surface area contributed by atoms with E-state index in [9.17, 15) is 0 Å².